The van der Waals surface area contributed by atoms with Gasteiger partial charge in [-0.2, -0.15) is 0 Å². The molecule has 0 aliphatic carbocycles. The van der Waals surface area contributed by atoms with Gasteiger partial charge in [-0.15, -0.1) is 0 Å². The number of rotatable bonds is 14. The summed E-state index contributed by atoms with van der Waals surface area (Å²) in [7, 11) is 0. The first kappa shape index (κ1) is 45.1. The van der Waals surface area contributed by atoms with Crippen LogP contribution in [0, 0.1) is 13.8 Å². The molecule has 0 unspecified atom stereocenters. The predicted octanol–water partition coefficient (Wildman–Crippen LogP) is 19.5. The molecule has 0 saturated heterocycles. The van der Waals surface area contributed by atoms with Gasteiger partial charge in [0.15, 0.2) is 0 Å². The van der Waals surface area contributed by atoms with Crippen LogP contribution in [0.25, 0.3) is 22.3 Å². The Hall–Kier alpha value is -9.38. The number of nitrogens with zero attached hydrogens (tertiary/aromatic N) is 4. The topological polar surface area (TPSA) is 13.0 Å². The summed E-state index contributed by atoms with van der Waals surface area (Å²) in [4.78, 5) is 9.28. The van der Waals surface area contributed by atoms with Crippen LogP contribution in [0.15, 0.2) is 291 Å². The fourth-order valence-corrected chi connectivity index (χ4v) is 9.49. The van der Waals surface area contributed by atoms with Gasteiger partial charge in [-0.05, 0) is 182 Å². The molecule has 11 aromatic carbocycles. The molecule has 0 aliphatic rings. The van der Waals surface area contributed by atoms with Crippen LogP contribution in [-0.2, 0) is 0 Å². The zero-order chi connectivity index (χ0) is 48.6. The van der Waals surface area contributed by atoms with E-state index in [1.165, 1.54) is 11.1 Å². The Morgan fingerprint density at radius 3 is 0.639 bits per heavy atom. The van der Waals surface area contributed by atoms with E-state index in [0.29, 0.717) is 0 Å². The van der Waals surface area contributed by atoms with Gasteiger partial charge in [-0.3, -0.25) is 0 Å². The van der Waals surface area contributed by atoms with Crippen LogP contribution in [0.2, 0.25) is 0 Å². The lowest BCUT2D eigenvalue weighted by Crippen LogP contribution is -2.12. The first-order chi connectivity index (χ1) is 35.5. The number of aryl methyl sites for hydroxylation is 2. The van der Waals surface area contributed by atoms with Gasteiger partial charge >= 0.3 is 0 Å². The molecule has 0 spiro atoms. The zero-order valence-electron chi connectivity index (χ0n) is 40.5. The van der Waals surface area contributed by atoms with E-state index in [2.05, 4.69) is 325 Å². The number of benzene rings is 11. The minimum absolute atomic E-state index is 1.08. The molecule has 0 fully saturated rings. The molecule has 0 aliphatic heterocycles. The molecule has 0 atom stereocenters. The van der Waals surface area contributed by atoms with Crippen LogP contribution < -0.4 is 19.6 Å². The molecule has 4 heteroatoms. The van der Waals surface area contributed by atoms with Gasteiger partial charge in [0, 0.05) is 68.2 Å². The maximum Gasteiger partial charge on any atom is 0.0467 e. The Morgan fingerprint density at radius 2 is 0.375 bits per heavy atom. The average Bonchev–Trinajstić information content (AvgIpc) is 3.44. The van der Waals surface area contributed by atoms with Crippen molar-refractivity contribution in [3.8, 4) is 22.3 Å². The molecular weight excluding hydrogens is 873 g/mol. The molecule has 72 heavy (non-hydrogen) atoms. The van der Waals surface area contributed by atoms with Gasteiger partial charge in [0.05, 0.1) is 0 Å². The molecule has 0 heterocycles. The Bertz CT molecular complexity index is 3250. The van der Waals surface area contributed by atoms with Crippen LogP contribution in [0.4, 0.5) is 68.2 Å². The number of anilines is 12. The molecular formula is C68H54N4. The first-order valence-corrected chi connectivity index (χ1v) is 24.6. The molecule has 346 valence electrons. The fourth-order valence-electron chi connectivity index (χ4n) is 9.49. The fraction of sp³-hybridized carbons (Fsp3) is 0.0294. The molecule has 0 bridgehead atoms. The van der Waals surface area contributed by atoms with Gasteiger partial charge in [0.25, 0.3) is 0 Å². The molecule has 11 rings (SSSR count). The minimum Gasteiger partial charge on any atom is -0.311 e. The van der Waals surface area contributed by atoms with E-state index in [-0.39, 0.29) is 0 Å². The quantitative estimate of drug-likeness (QED) is 0.108. The van der Waals surface area contributed by atoms with E-state index in [1.807, 2.05) is 0 Å². The first-order valence-electron chi connectivity index (χ1n) is 24.6. The second-order valence-electron chi connectivity index (χ2n) is 18.1. The smallest absolute Gasteiger partial charge is 0.0467 e. The third-order valence-corrected chi connectivity index (χ3v) is 13.1. The maximum absolute atomic E-state index is 2.33. The highest BCUT2D eigenvalue weighted by atomic mass is 15.2. The Morgan fingerprint density at radius 1 is 0.167 bits per heavy atom. The van der Waals surface area contributed by atoms with E-state index >= 15 is 0 Å². The third-order valence-electron chi connectivity index (χ3n) is 13.1. The lowest BCUT2D eigenvalue weighted by atomic mass is 9.99. The summed E-state index contributed by atoms with van der Waals surface area (Å²) >= 11 is 0. The lowest BCUT2D eigenvalue weighted by Gasteiger charge is -2.28. The molecule has 11 aromatic rings. The summed E-state index contributed by atoms with van der Waals surface area (Å²) < 4.78 is 0. The molecule has 0 saturated carbocycles. The second kappa shape index (κ2) is 20.7. The molecule has 0 amide bonds. The highest BCUT2D eigenvalue weighted by Crippen LogP contribution is 2.42. The Labute approximate surface area is 424 Å². The van der Waals surface area contributed by atoms with Crippen LogP contribution >= 0.6 is 0 Å². The predicted molar refractivity (Wildman–Crippen MR) is 306 cm³/mol. The zero-order valence-corrected chi connectivity index (χ0v) is 40.5. The molecule has 0 aromatic heterocycles. The van der Waals surface area contributed by atoms with Crippen molar-refractivity contribution in [2.75, 3.05) is 19.6 Å². The monoisotopic (exact) mass is 926 g/mol. The van der Waals surface area contributed by atoms with Crippen molar-refractivity contribution in [1.29, 1.82) is 0 Å². The normalized spacial score (nSPS) is 10.9. The number of hydrogen-bond acceptors (Lipinski definition) is 4. The second-order valence-corrected chi connectivity index (χ2v) is 18.1. The van der Waals surface area contributed by atoms with Crippen molar-refractivity contribution in [3.05, 3.63) is 302 Å². The van der Waals surface area contributed by atoms with E-state index in [1.54, 1.807) is 0 Å². The molecule has 0 N–H and O–H groups in total. The van der Waals surface area contributed by atoms with E-state index in [9.17, 15) is 0 Å². The van der Waals surface area contributed by atoms with Crippen molar-refractivity contribution >= 4 is 68.2 Å². The van der Waals surface area contributed by atoms with E-state index in [0.717, 1.165) is 90.5 Å². The van der Waals surface area contributed by atoms with Crippen LogP contribution in [-0.4, -0.2) is 0 Å². The van der Waals surface area contributed by atoms with Crippen LogP contribution in [0.5, 0.6) is 0 Å². The Balaban J connectivity index is 0.881. The van der Waals surface area contributed by atoms with Crippen LogP contribution in [0.1, 0.15) is 11.1 Å². The lowest BCUT2D eigenvalue weighted by molar-refractivity contribution is 1.25. The van der Waals surface area contributed by atoms with E-state index in [4.69, 9.17) is 0 Å². The molecule has 0 radical (unpaired) electrons. The highest BCUT2D eigenvalue weighted by Gasteiger charge is 2.19. The van der Waals surface area contributed by atoms with Gasteiger partial charge in [-0.1, -0.05) is 157 Å². The third kappa shape index (κ3) is 9.76. The maximum atomic E-state index is 2.33. The summed E-state index contributed by atoms with van der Waals surface area (Å²) in [6.45, 7) is 4.25. The highest BCUT2D eigenvalue weighted by molar-refractivity contribution is 5.85. The largest absolute Gasteiger partial charge is 0.311 e. The molecule has 4 nitrogen and oxygen atoms in total. The Kier molecular flexibility index (Phi) is 13.0. The van der Waals surface area contributed by atoms with Gasteiger partial charge in [0.1, 0.15) is 0 Å². The van der Waals surface area contributed by atoms with Gasteiger partial charge < -0.3 is 19.6 Å². The number of para-hydroxylation sites is 4. The minimum atomic E-state index is 1.08. The summed E-state index contributed by atoms with van der Waals surface area (Å²) in [6.07, 6.45) is 0. The van der Waals surface area contributed by atoms with Gasteiger partial charge in [0.2, 0.25) is 0 Å². The van der Waals surface area contributed by atoms with Crippen molar-refractivity contribution in [3.63, 3.8) is 0 Å². The summed E-state index contributed by atoms with van der Waals surface area (Å²) in [6, 6.07) is 104. The van der Waals surface area contributed by atoms with Crippen molar-refractivity contribution < 1.29 is 0 Å². The summed E-state index contributed by atoms with van der Waals surface area (Å²) in [5.74, 6) is 0. The van der Waals surface area contributed by atoms with Crippen molar-refractivity contribution in [2.24, 2.45) is 0 Å². The van der Waals surface area contributed by atoms with E-state index < -0.39 is 0 Å². The summed E-state index contributed by atoms with van der Waals surface area (Å²) in [5.41, 5.74) is 20.2. The van der Waals surface area contributed by atoms with Crippen LogP contribution in [0.3, 0.4) is 0 Å². The van der Waals surface area contributed by atoms with Gasteiger partial charge in [-0.25, -0.2) is 0 Å². The summed E-state index contributed by atoms with van der Waals surface area (Å²) in [5, 5.41) is 0. The average molecular weight is 927 g/mol. The van der Waals surface area contributed by atoms with Crippen molar-refractivity contribution in [1.82, 2.24) is 0 Å². The van der Waals surface area contributed by atoms with Crippen molar-refractivity contribution in [2.45, 2.75) is 13.8 Å². The standard InChI is InChI=1S/C68H54N4/c1-51-29-37-61(38-30-51)69(57-19-7-3-8-20-57)63-41-45-65(46-42-63)71(59-23-11-5-12-24-59)67-27-15-17-55(49-67)53-33-35-54(36-34-53)56-18-16-28-68(50-56)72(60-25-13-6-14-26-60)66-47-43-64(44-48-66)70(58-21-9-4-10-22-58)62-39-31-52(2)32-40-62/h3-50H,1-2H3. The SMILES string of the molecule is Cc1ccc(N(c2ccccc2)c2ccc(N(c3ccccc3)c3cccc(-c4ccc(-c5cccc(N(c6ccccc6)c6ccc(N(c7ccccc7)c7ccc(C)cc7)cc6)c5)cc4)c3)cc2)cc1. The number of hydrogen-bond donors (Lipinski definition) is 0.